The van der Waals surface area contributed by atoms with Gasteiger partial charge >= 0.3 is 5.69 Å². The molecule has 1 aromatic heterocycles. The van der Waals surface area contributed by atoms with Crippen molar-refractivity contribution in [2.75, 3.05) is 13.1 Å². The highest BCUT2D eigenvalue weighted by Gasteiger charge is 2.06. The minimum absolute atomic E-state index is 0.0247. The molecule has 0 unspecified atom stereocenters. The summed E-state index contributed by atoms with van der Waals surface area (Å²) in [5.74, 6) is -0.0247. The zero-order valence-corrected chi connectivity index (χ0v) is 11.5. The Labute approximate surface area is 111 Å². The Hall–Kier alpha value is -1.89. The first-order valence-electron chi connectivity index (χ1n) is 6.20. The number of rotatable bonds is 6. The summed E-state index contributed by atoms with van der Waals surface area (Å²) in [5, 5.41) is 5.71. The summed E-state index contributed by atoms with van der Waals surface area (Å²) in [7, 11) is 3.04. The summed E-state index contributed by atoms with van der Waals surface area (Å²) in [4.78, 5) is 34.5. The minimum Gasteiger partial charge on any atom is -0.356 e. The van der Waals surface area contributed by atoms with E-state index in [9.17, 15) is 14.4 Å². The smallest absolute Gasteiger partial charge is 0.330 e. The third-order valence-corrected chi connectivity index (χ3v) is 2.74. The number of aromatic nitrogens is 2. The van der Waals surface area contributed by atoms with E-state index >= 15 is 0 Å². The van der Waals surface area contributed by atoms with E-state index in [1.807, 2.05) is 6.92 Å². The number of nitrogens with zero attached hydrogens (tertiary/aromatic N) is 2. The molecule has 1 heterocycles. The van der Waals surface area contributed by atoms with Crippen LogP contribution in [0.5, 0.6) is 0 Å². The Bertz CT molecular complexity index is 559. The number of carbonyl (C=O) groups excluding carboxylic acids is 1. The lowest BCUT2D eigenvalue weighted by molar-refractivity contribution is -0.120. The second-order valence-electron chi connectivity index (χ2n) is 4.29. The van der Waals surface area contributed by atoms with Crippen LogP contribution in [0.3, 0.4) is 0 Å². The van der Waals surface area contributed by atoms with E-state index in [0.29, 0.717) is 31.6 Å². The lowest BCUT2D eigenvalue weighted by Crippen LogP contribution is -2.39. The third-order valence-electron chi connectivity index (χ3n) is 2.74. The van der Waals surface area contributed by atoms with Crippen LogP contribution in [0, 0.1) is 0 Å². The topological polar surface area (TPSA) is 85.1 Å². The predicted octanol–water partition coefficient (Wildman–Crippen LogP) is -1.30. The molecular formula is C12H20N4O3. The van der Waals surface area contributed by atoms with Crippen LogP contribution in [0.4, 0.5) is 0 Å². The quantitative estimate of drug-likeness (QED) is 0.628. The first-order chi connectivity index (χ1) is 8.97. The van der Waals surface area contributed by atoms with Gasteiger partial charge in [-0.25, -0.2) is 4.79 Å². The van der Waals surface area contributed by atoms with Crippen LogP contribution in [0.1, 0.15) is 18.9 Å². The monoisotopic (exact) mass is 268 g/mol. The van der Waals surface area contributed by atoms with Crippen LogP contribution in [-0.2, 0) is 25.4 Å². The Morgan fingerprint density at radius 1 is 1.32 bits per heavy atom. The standard InChI is InChI=1S/C12H20N4O3/c1-4-14-10(17)5-6-13-7-9-8-15(2)12(19)16(3)11(9)18/h8,13H,4-7H2,1-3H3,(H,14,17). The molecule has 0 radical (unpaired) electrons. The number of hydrogen-bond donors (Lipinski definition) is 2. The maximum Gasteiger partial charge on any atom is 0.330 e. The van der Waals surface area contributed by atoms with Crippen molar-refractivity contribution in [3.63, 3.8) is 0 Å². The van der Waals surface area contributed by atoms with Gasteiger partial charge in [-0.1, -0.05) is 0 Å². The fourth-order valence-corrected chi connectivity index (χ4v) is 1.71. The molecule has 7 heteroatoms. The van der Waals surface area contributed by atoms with Gasteiger partial charge in [0.05, 0.1) is 0 Å². The van der Waals surface area contributed by atoms with Crippen LogP contribution in [-0.4, -0.2) is 28.1 Å². The van der Waals surface area contributed by atoms with E-state index < -0.39 is 0 Å². The van der Waals surface area contributed by atoms with Crippen molar-refractivity contribution in [2.24, 2.45) is 14.1 Å². The van der Waals surface area contributed by atoms with Crippen molar-refractivity contribution >= 4 is 5.91 Å². The summed E-state index contributed by atoms with van der Waals surface area (Å²) in [6.45, 7) is 3.29. The molecule has 0 aliphatic heterocycles. The van der Waals surface area contributed by atoms with Gasteiger partial charge in [0, 0.05) is 51.9 Å². The lowest BCUT2D eigenvalue weighted by atomic mass is 10.3. The van der Waals surface area contributed by atoms with Gasteiger partial charge in [-0.3, -0.25) is 14.2 Å². The second kappa shape index (κ2) is 6.89. The van der Waals surface area contributed by atoms with Gasteiger partial charge in [0.15, 0.2) is 0 Å². The highest BCUT2D eigenvalue weighted by molar-refractivity contribution is 5.75. The van der Waals surface area contributed by atoms with Crippen molar-refractivity contribution in [2.45, 2.75) is 19.9 Å². The van der Waals surface area contributed by atoms with E-state index in [4.69, 9.17) is 0 Å². The summed E-state index contributed by atoms with van der Waals surface area (Å²) in [6.07, 6.45) is 1.88. The molecular weight excluding hydrogens is 248 g/mol. The van der Waals surface area contributed by atoms with Gasteiger partial charge in [-0.2, -0.15) is 0 Å². The molecule has 0 saturated heterocycles. The summed E-state index contributed by atoms with van der Waals surface area (Å²) >= 11 is 0. The molecule has 19 heavy (non-hydrogen) atoms. The normalized spacial score (nSPS) is 10.5. The van der Waals surface area contributed by atoms with Crippen LogP contribution in [0.15, 0.2) is 15.8 Å². The highest BCUT2D eigenvalue weighted by Crippen LogP contribution is 1.87. The SMILES string of the molecule is CCNC(=O)CCNCc1cn(C)c(=O)n(C)c1=O. The van der Waals surface area contributed by atoms with Crippen molar-refractivity contribution in [1.82, 2.24) is 19.8 Å². The Kier molecular flexibility index (Phi) is 5.50. The Balaban J connectivity index is 2.58. The van der Waals surface area contributed by atoms with E-state index in [1.54, 1.807) is 7.05 Å². The summed E-state index contributed by atoms with van der Waals surface area (Å²) < 4.78 is 2.43. The van der Waals surface area contributed by atoms with Crippen molar-refractivity contribution in [3.8, 4) is 0 Å². The molecule has 0 aliphatic rings. The maximum absolute atomic E-state index is 11.8. The molecule has 0 aliphatic carbocycles. The number of nitrogens with one attached hydrogen (secondary N) is 2. The number of aryl methyl sites for hydroxylation is 1. The Morgan fingerprint density at radius 2 is 2.00 bits per heavy atom. The predicted molar refractivity (Wildman–Crippen MR) is 71.9 cm³/mol. The largest absolute Gasteiger partial charge is 0.356 e. The first kappa shape index (κ1) is 15.2. The zero-order chi connectivity index (χ0) is 14.4. The molecule has 106 valence electrons. The molecule has 0 aromatic carbocycles. The molecule has 0 fully saturated rings. The molecule has 0 saturated carbocycles. The number of hydrogen-bond acceptors (Lipinski definition) is 4. The summed E-state index contributed by atoms with van der Waals surface area (Å²) in [6, 6.07) is 0. The maximum atomic E-state index is 11.8. The van der Waals surface area contributed by atoms with E-state index in [0.717, 1.165) is 4.57 Å². The van der Waals surface area contributed by atoms with E-state index in [1.165, 1.54) is 17.8 Å². The van der Waals surface area contributed by atoms with Crippen LogP contribution in [0.2, 0.25) is 0 Å². The fraction of sp³-hybridized carbons (Fsp3) is 0.583. The van der Waals surface area contributed by atoms with Gasteiger partial charge in [0.1, 0.15) is 0 Å². The van der Waals surface area contributed by atoms with Gasteiger partial charge in [0.2, 0.25) is 5.91 Å². The second-order valence-corrected chi connectivity index (χ2v) is 4.29. The van der Waals surface area contributed by atoms with Gasteiger partial charge in [-0.05, 0) is 6.92 Å². The van der Waals surface area contributed by atoms with Crippen LogP contribution < -0.4 is 21.9 Å². The fourth-order valence-electron chi connectivity index (χ4n) is 1.71. The van der Waals surface area contributed by atoms with Crippen LogP contribution in [0.25, 0.3) is 0 Å². The minimum atomic E-state index is -0.351. The lowest BCUT2D eigenvalue weighted by Gasteiger charge is -2.08. The molecule has 1 amide bonds. The van der Waals surface area contributed by atoms with Gasteiger partial charge in [-0.15, -0.1) is 0 Å². The van der Waals surface area contributed by atoms with E-state index in [-0.39, 0.29) is 17.2 Å². The van der Waals surface area contributed by atoms with Crippen molar-refractivity contribution < 1.29 is 4.79 Å². The average Bonchev–Trinajstić information content (AvgIpc) is 2.38. The van der Waals surface area contributed by atoms with E-state index in [2.05, 4.69) is 10.6 Å². The number of carbonyl (C=O) groups is 1. The first-order valence-corrected chi connectivity index (χ1v) is 6.20. The number of amides is 1. The Morgan fingerprint density at radius 3 is 2.63 bits per heavy atom. The molecule has 0 atom stereocenters. The summed E-state index contributed by atoms with van der Waals surface area (Å²) in [5.41, 5.74) is -0.162. The highest BCUT2D eigenvalue weighted by atomic mass is 16.2. The molecule has 0 bridgehead atoms. The van der Waals surface area contributed by atoms with Gasteiger partial charge in [0.25, 0.3) is 5.56 Å². The van der Waals surface area contributed by atoms with Gasteiger partial charge < -0.3 is 15.2 Å². The average molecular weight is 268 g/mol. The molecule has 7 nitrogen and oxygen atoms in total. The third kappa shape index (κ3) is 4.06. The van der Waals surface area contributed by atoms with Crippen molar-refractivity contribution in [3.05, 3.63) is 32.6 Å². The van der Waals surface area contributed by atoms with Crippen LogP contribution >= 0.6 is 0 Å². The zero-order valence-electron chi connectivity index (χ0n) is 11.5. The molecule has 1 aromatic rings. The molecule has 0 spiro atoms. The molecule has 1 rings (SSSR count). The molecule has 2 N–H and O–H groups in total. The van der Waals surface area contributed by atoms with Crippen molar-refractivity contribution in [1.29, 1.82) is 0 Å².